The normalized spacial score (nSPS) is 16.3. The molecular formula is C15H20ClF3N2O. The maximum absolute atomic E-state index is 12.4. The first-order chi connectivity index (χ1) is 9.91. The standard InChI is InChI=1S/C15H19F3N2O.ClH/c16-15(17,18)14(21)20-9-6-13(7-10-20)12-3-1-11(2-4-12)5-8-19;/h1-4,13H,5-10,19H2;1H. The van der Waals surface area contributed by atoms with Crippen molar-refractivity contribution in [2.75, 3.05) is 19.6 Å². The number of likely N-dealkylation sites (tertiary alicyclic amines) is 1. The summed E-state index contributed by atoms with van der Waals surface area (Å²) in [6.45, 7) is 0.915. The first-order valence-electron chi connectivity index (χ1n) is 7.07. The lowest BCUT2D eigenvalue weighted by atomic mass is 9.89. The first-order valence-corrected chi connectivity index (χ1v) is 7.07. The van der Waals surface area contributed by atoms with Gasteiger partial charge in [-0.2, -0.15) is 13.2 Å². The molecule has 1 fully saturated rings. The molecule has 1 heterocycles. The zero-order chi connectivity index (χ0) is 15.5. The number of hydrogen-bond acceptors (Lipinski definition) is 2. The van der Waals surface area contributed by atoms with Crippen LogP contribution in [0.1, 0.15) is 29.9 Å². The molecule has 1 saturated heterocycles. The largest absolute Gasteiger partial charge is 0.471 e. The Labute approximate surface area is 134 Å². The second-order valence-corrected chi connectivity index (χ2v) is 5.34. The van der Waals surface area contributed by atoms with Gasteiger partial charge in [0.25, 0.3) is 0 Å². The number of alkyl halides is 3. The van der Waals surface area contributed by atoms with Crippen LogP contribution in [0.4, 0.5) is 13.2 Å². The molecule has 1 aromatic rings. The molecule has 0 aliphatic carbocycles. The Morgan fingerprint density at radius 2 is 1.73 bits per heavy atom. The van der Waals surface area contributed by atoms with Crippen LogP contribution in [-0.2, 0) is 11.2 Å². The minimum absolute atomic E-state index is 0. The Balaban J connectivity index is 0.00000242. The van der Waals surface area contributed by atoms with E-state index in [1.807, 2.05) is 24.3 Å². The molecule has 0 radical (unpaired) electrons. The lowest BCUT2D eigenvalue weighted by Gasteiger charge is -2.32. The van der Waals surface area contributed by atoms with E-state index in [9.17, 15) is 18.0 Å². The van der Waals surface area contributed by atoms with Crippen molar-refractivity contribution in [1.29, 1.82) is 0 Å². The van der Waals surface area contributed by atoms with E-state index in [4.69, 9.17) is 5.73 Å². The lowest BCUT2D eigenvalue weighted by Crippen LogP contribution is -2.45. The molecule has 3 nitrogen and oxygen atoms in total. The molecule has 1 amide bonds. The van der Waals surface area contributed by atoms with Gasteiger partial charge in [-0.1, -0.05) is 24.3 Å². The molecule has 1 aliphatic heterocycles. The number of carbonyl (C=O) groups excluding carboxylic acids is 1. The summed E-state index contributed by atoms with van der Waals surface area (Å²) in [5.41, 5.74) is 7.77. The highest BCUT2D eigenvalue weighted by Crippen LogP contribution is 2.30. The Kier molecular flexibility index (Phi) is 6.68. The molecule has 7 heteroatoms. The average Bonchev–Trinajstić information content (AvgIpc) is 2.47. The molecule has 0 unspecified atom stereocenters. The second kappa shape index (κ2) is 7.83. The van der Waals surface area contributed by atoms with Crippen molar-refractivity contribution in [2.24, 2.45) is 5.73 Å². The van der Waals surface area contributed by atoms with Gasteiger partial charge in [0.15, 0.2) is 0 Å². The predicted octanol–water partition coefficient (Wildman–Crippen LogP) is 2.88. The lowest BCUT2D eigenvalue weighted by molar-refractivity contribution is -0.186. The fourth-order valence-electron chi connectivity index (χ4n) is 2.72. The molecule has 0 spiro atoms. The van der Waals surface area contributed by atoms with Crippen LogP contribution in [0.2, 0.25) is 0 Å². The second-order valence-electron chi connectivity index (χ2n) is 5.34. The maximum Gasteiger partial charge on any atom is 0.471 e. The minimum atomic E-state index is -4.77. The highest BCUT2D eigenvalue weighted by Gasteiger charge is 2.43. The van der Waals surface area contributed by atoms with Gasteiger partial charge in [0.2, 0.25) is 0 Å². The third kappa shape index (κ3) is 4.61. The summed E-state index contributed by atoms with van der Waals surface area (Å²) in [5, 5.41) is 0. The number of carbonyl (C=O) groups is 1. The molecular weight excluding hydrogens is 317 g/mol. The zero-order valence-electron chi connectivity index (χ0n) is 12.1. The highest BCUT2D eigenvalue weighted by molar-refractivity contribution is 5.85. The third-order valence-corrected chi connectivity index (χ3v) is 3.91. The summed E-state index contributed by atoms with van der Waals surface area (Å²) in [6, 6.07) is 8.04. The predicted molar refractivity (Wildman–Crippen MR) is 81.1 cm³/mol. The van der Waals surface area contributed by atoms with Crippen molar-refractivity contribution in [2.45, 2.75) is 31.4 Å². The van der Waals surface area contributed by atoms with E-state index in [1.165, 1.54) is 0 Å². The number of halogens is 4. The first kappa shape index (κ1) is 18.8. The molecule has 2 N–H and O–H groups in total. The summed E-state index contributed by atoms with van der Waals surface area (Å²) in [5.74, 6) is -1.51. The number of benzene rings is 1. The van der Waals surface area contributed by atoms with Gasteiger partial charge in [0.05, 0.1) is 0 Å². The molecule has 0 bridgehead atoms. The zero-order valence-corrected chi connectivity index (χ0v) is 12.9. The fourth-order valence-corrected chi connectivity index (χ4v) is 2.72. The Bertz CT molecular complexity index is 483. The minimum Gasteiger partial charge on any atom is -0.335 e. The Hall–Kier alpha value is -1.27. The molecule has 2 rings (SSSR count). The quantitative estimate of drug-likeness (QED) is 0.922. The molecule has 0 saturated carbocycles. The van der Waals surface area contributed by atoms with Gasteiger partial charge in [0, 0.05) is 13.1 Å². The van der Waals surface area contributed by atoms with Crippen LogP contribution in [0.25, 0.3) is 0 Å². The number of rotatable bonds is 3. The van der Waals surface area contributed by atoms with Crippen LogP contribution in [0.3, 0.4) is 0 Å². The molecule has 1 aliphatic rings. The maximum atomic E-state index is 12.4. The van der Waals surface area contributed by atoms with Crippen molar-refractivity contribution >= 4 is 18.3 Å². The van der Waals surface area contributed by atoms with E-state index >= 15 is 0 Å². The van der Waals surface area contributed by atoms with E-state index in [0.717, 1.165) is 22.4 Å². The van der Waals surface area contributed by atoms with Crippen LogP contribution in [-0.4, -0.2) is 36.6 Å². The van der Waals surface area contributed by atoms with Crippen molar-refractivity contribution in [3.8, 4) is 0 Å². The van der Waals surface area contributed by atoms with Crippen LogP contribution >= 0.6 is 12.4 Å². The SMILES string of the molecule is Cl.NCCc1ccc(C2CCN(C(=O)C(F)(F)F)CC2)cc1. The third-order valence-electron chi connectivity index (χ3n) is 3.91. The summed E-state index contributed by atoms with van der Waals surface area (Å²) >= 11 is 0. The fraction of sp³-hybridized carbons (Fsp3) is 0.533. The number of piperidine rings is 1. The van der Waals surface area contributed by atoms with Gasteiger partial charge in [-0.3, -0.25) is 4.79 Å². The van der Waals surface area contributed by atoms with Crippen LogP contribution in [0.5, 0.6) is 0 Å². The van der Waals surface area contributed by atoms with Gasteiger partial charge in [0.1, 0.15) is 0 Å². The van der Waals surface area contributed by atoms with Gasteiger partial charge in [-0.25, -0.2) is 0 Å². The highest BCUT2D eigenvalue weighted by atomic mass is 35.5. The summed E-state index contributed by atoms with van der Waals surface area (Å²) in [7, 11) is 0. The molecule has 124 valence electrons. The molecule has 0 atom stereocenters. The Morgan fingerprint density at radius 1 is 1.18 bits per heavy atom. The Morgan fingerprint density at radius 3 is 2.18 bits per heavy atom. The van der Waals surface area contributed by atoms with Gasteiger partial charge < -0.3 is 10.6 Å². The van der Waals surface area contributed by atoms with Crippen LogP contribution in [0.15, 0.2) is 24.3 Å². The monoisotopic (exact) mass is 336 g/mol. The number of hydrogen-bond donors (Lipinski definition) is 1. The molecule has 22 heavy (non-hydrogen) atoms. The van der Waals surface area contributed by atoms with E-state index in [0.29, 0.717) is 19.4 Å². The summed E-state index contributed by atoms with van der Waals surface area (Å²) in [6.07, 6.45) is -2.81. The van der Waals surface area contributed by atoms with E-state index < -0.39 is 12.1 Å². The van der Waals surface area contributed by atoms with Crippen LogP contribution < -0.4 is 5.73 Å². The average molecular weight is 337 g/mol. The van der Waals surface area contributed by atoms with Crippen molar-refractivity contribution in [3.05, 3.63) is 35.4 Å². The molecule has 1 aromatic carbocycles. The van der Waals surface area contributed by atoms with E-state index in [1.54, 1.807) is 0 Å². The van der Waals surface area contributed by atoms with Crippen molar-refractivity contribution in [1.82, 2.24) is 4.90 Å². The summed E-state index contributed by atoms with van der Waals surface area (Å²) < 4.78 is 37.1. The topological polar surface area (TPSA) is 46.3 Å². The summed E-state index contributed by atoms with van der Waals surface area (Å²) in [4.78, 5) is 12.1. The van der Waals surface area contributed by atoms with Crippen LogP contribution in [0, 0.1) is 0 Å². The van der Waals surface area contributed by atoms with Gasteiger partial charge in [-0.05, 0) is 42.9 Å². The molecule has 0 aromatic heterocycles. The van der Waals surface area contributed by atoms with E-state index in [2.05, 4.69) is 0 Å². The number of amides is 1. The van der Waals surface area contributed by atoms with Crippen molar-refractivity contribution in [3.63, 3.8) is 0 Å². The van der Waals surface area contributed by atoms with E-state index in [-0.39, 0.29) is 31.4 Å². The number of nitrogens with zero attached hydrogens (tertiary/aromatic N) is 1. The van der Waals surface area contributed by atoms with Gasteiger partial charge in [-0.15, -0.1) is 12.4 Å². The van der Waals surface area contributed by atoms with Crippen molar-refractivity contribution < 1.29 is 18.0 Å². The smallest absolute Gasteiger partial charge is 0.335 e. The number of nitrogens with two attached hydrogens (primary N) is 1. The van der Waals surface area contributed by atoms with Gasteiger partial charge >= 0.3 is 12.1 Å².